The van der Waals surface area contributed by atoms with Crippen LogP contribution in [0, 0.1) is 6.43 Å². The molecule has 79 valence electrons. The molecule has 0 rings (SSSR count). The van der Waals surface area contributed by atoms with Crippen LogP contribution in [0.5, 0.6) is 0 Å². The molecule has 0 aliphatic rings. The topological polar surface area (TPSA) is 0 Å². The third kappa shape index (κ3) is 2.22. The van der Waals surface area contributed by atoms with Gasteiger partial charge in [0.05, 0.1) is 0 Å². The lowest BCUT2D eigenvalue weighted by atomic mass is 10.1. The van der Waals surface area contributed by atoms with Gasteiger partial charge in [-0.2, -0.15) is 26.3 Å². The largest absolute Gasteiger partial charge is 0.350 e. The molecule has 0 saturated carbocycles. The third-order valence-corrected chi connectivity index (χ3v) is 1.17. The zero-order valence-electron chi connectivity index (χ0n) is 5.81. The summed E-state index contributed by atoms with van der Waals surface area (Å²) >= 11 is 0. The molecular weight excluding hydrogens is 212 g/mol. The van der Waals surface area contributed by atoms with Crippen LogP contribution in [0.3, 0.4) is 0 Å². The highest BCUT2D eigenvalue weighted by Crippen LogP contribution is 2.42. The molecule has 0 spiro atoms. The molecule has 13 heavy (non-hydrogen) atoms. The summed E-state index contributed by atoms with van der Waals surface area (Å²) in [5.74, 6) is -11.2. The minimum atomic E-state index is -5.74. The maximum atomic E-state index is 12.0. The van der Waals surface area contributed by atoms with Crippen LogP contribution in [0.4, 0.5) is 35.1 Å². The Hall–Kier alpha value is -0.560. The molecule has 0 nitrogen and oxygen atoms in total. The van der Waals surface area contributed by atoms with Gasteiger partial charge in [-0.15, -0.1) is 0 Å². The molecule has 0 aromatic carbocycles. The minimum absolute atomic E-state index is 2.91. The molecular formula is C5H3F8. The van der Waals surface area contributed by atoms with Crippen LogP contribution in [-0.2, 0) is 0 Å². The number of alkyl halides is 6. The fraction of sp³-hybridized carbons (Fsp3) is 0.800. The van der Waals surface area contributed by atoms with Crippen molar-refractivity contribution in [1.29, 1.82) is 0 Å². The highest BCUT2D eigenvalue weighted by Gasteiger charge is 2.65. The summed E-state index contributed by atoms with van der Waals surface area (Å²) in [5.41, 5.74) is 0. The summed E-state index contributed by atoms with van der Waals surface area (Å²) < 4.78 is 93.1. The van der Waals surface area contributed by atoms with E-state index in [1.165, 1.54) is 0 Å². The van der Waals surface area contributed by atoms with Gasteiger partial charge in [-0.3, -0.25) is 0 Å². The summed E-state index contributed by atoms with van der Waals surface area (Å²) in [6.07, 6.45) is -7.98. The zero-order valence-corrected chi connectivity index (χ0v) is 5.81. The molecule has 0 bridgehead atoms. The van der Waals surface area contributed by atoms with E-state index in [-0.39, 0.29) is 0 Å². The molecule has 1 atom stereocenters. The minimum Gasteiger partial charge on any atom is -0.244 e. The molecule has 0 fully saturated rings. The lowest BCUT2D eigenvalue weighted by Gasteiger charge is -2.25. The fourth-order valence-corrected chi connectivity index (χ4v) is 0.412. The molecule has 0 heterocycles. The van der Waals surface area contributed by atoms with Crippen molar-refractivity contribution in [2.45, 2.75) is 18.0 Å². The van der Waals surface area contributed by atoms with Crippen molar-refractivity contribution in [2.75, 3.05) is 6.67 Å². The van der Waals surface area contributed by atoms with Crippen LogP contribution in [0.1, 0.15) is 0 Å². The second-order valence-electron chi connectivity index (χ2n) is 2.11. The van der Waals surface area contributed by atoms with E-state index >= 15 is 0 Å². The van der Waals surface area contributed by atoms with E-state index in [1.54, 1.807) is 0 Å². The van der Waals surface area contributed by atoms with Gasteiger partial charge in [0.15, 0.2) is 6.67 Å². The van der Waals surface area contributed by atoms with Crippen LogP contribution in [-0.4, -0.2) is 24.7 Å². The van der Waals surface area contributed by atoms with Crippen molar-refractivity contribution in [2.24, 2.45) is 0 Å². The van der Waals surface area contributed by atoms with Gasteiger partial charge in [0.1, 0.15) is 0 Å². The predicted octanol–water partition coefficient (Wildman–Crippen LogP) is 2.99. The smallest absolute Gasteiger partial charge is 0.244 e. The number of rotatable bonds is 4. The summed E-state index contributed by atoms with van der Waals surface area (Å²) in [6, 6.07) is 0. The van der Waals surface area contributed by atoms with E-state index in [9.17, 15) is 35.1 Å². The van der Waals surface area contributed by atoms with Crippen molar-refractivity contribution < 1.29 is 35.1 Å². The van der Waals surface area contributed by atoms with Crippen molar-refractivity contribution >= 4 is 0 Å². The monoisotopic (exact) mass is 215 g/mol. The first kappa shape index (κ1) is 12.4. The second-order valence-corrected chi connectivity index (χ2v) is 2.11. The van der Waals surface area contributed by atoms with Crippen LogP contribution < -0.4 is 0 Å². The average molecular weight is 215 g/mol. The Bertz CT molecular complexity index is 164. The molecule has 0 aliphatic heterocycles. The second kappa shape index (κ2) is 3.67. The van der Waals surface area contributed by atoms with Gasteiger partial charge in [0.2, 0.25) is 6.17 Å². The van der Waals surface area contributed by atoms with Gasteiger partial charge < -0.3 is 0 Å². The van der Waals surface area contributed by atoms with Gasteiger partial charge >= 0.3 is 18.3 Å². The quantitative estimate of drug-likeness (QED) is 0.632. The molecule has 0 aromatic rings. The van der Waals surface area contributed by atoms with Crippen molar-refractivity contribution in [1.82, 2.24) is 0 Å². The first-order chi connectivity index (χ1) is 5.66. The SMILES string of the molecule is FCC(F)(F)C(F)(F)C(F)[C](F)F. The predicted molar refractivity (Wildman–Crippen MR) is 26.2 cm³/mol. The Labute approximate surface area is 67.5 Å². The maximum Gasteiger partial charge on any atom is 0.350 e. The zero-order chi connectivity index (χ0) is 10.9. The van der Waals surface area contributed by atoms with Crippen LogP contribution in [0.15, 0.2) is 0 Å². The Morgan fingerprint density at radius 3 is 1.69 bits per heavy atom. The van der Waals surface area contributed by atoms with Gasteiger partial charge in [-0.25, -0.2) is 8.78 Å². The Morgan fingerprint density at radius 2 is 1.46 bits per heavy atom. The van der Waals surface area contributed by atoms with E-state index in [0.29, 0.717) is 0 Å². The van der Waals surface area contributed by atoms with Gasteiger partial charge in [-0.05, 0) is 0 Å². The molecule has 1 radical (unpaired) electrons. The Balaban J connectivity index is 4.74. The van der Waals surface area contributed by atoms with Crippen molar-refractivity contribution in [3.63, 3.8) is 0 Å². The molecule has 0 N–H and O–H groups in total. The fourth-order valence-electron chi connectivity index (χ4n) is 0.412. The van der Waals surface area contributed by atoms with E-state index in [4.69, 9.17) is 0 Å². The molecule has 1 unspecified atom stereocenters. The molecule has 0 aliphatic carbocycles. The van der Waals surface area contributed by atoms with Crippen molar-refractivity contribution in [3.05, 3.63) is 6.43 Å². The number of hydrogen-bond acceptors (Lipinski definition) is 0. The van der Waals surface area contributed by atoms with Gasteiger partial charge in [-0.1, -0.05) is 0 Å². The normalized spacial score (nSPS) is 16.4. The third-order valence-electron chi connectivity index (χ3n) is 1.17. The summed E-state index contributed by atoms with van der Waals surface area (Å²) in [7, 11) is 0. The Morgan fingerprint density at radius 1 is 1.08 bits per heavy atom. The van der Waals surface area contributed by atoms with Crippen LogP contribution in [0.2, 0.25) is 0 Å². The highest BCUT2D eigenvalue weighted by atomic mass is 19.3. The van der Waals surface area contributed by atoms with Gasteiger partial charge in [0, 0.05) is 0 Å². The summed E-state index contributed by atoms with van der Waals surface area (Å²) in [6.45, 7) is -2.91. The summed E-state index contributed by atoms with van der Waals surface area (Å²) in [5, 5.41) is 0. The lowest BCUT2D eigenvalue weighted by Crippen LogP contribution is -2.50. The summed E-state index contributed by atoms with van der Waals surface area (Å²) in [4.78, 5) is 0. The maximum absolute atomic E-state index is 12.0. The molecule has 0 amide bonds. The van der Waals surface area contributed by atoms with E-state index in [2.05, 4.69) is 0 Å². The highest BCUT2D eigenvalue weighted by molar-refractivity contribution is 4.97. The van der Waals surface area contributed by atoms with Crippen molar-refractivity contribution in [3.8, 4) is 0 Å². The standard InChI is InChI=1S/C5H3F8/c6-1-4(10,11)5(12,13)2(7)3(8)9/h2H,1H2. The number of halogens is 8. The Kier molecular flexibility index (Phi) is 3.51. The average Bonchev–Trinajstić information content (AvgIpc) is 2.02. The van der Waals surface area contributed by atoms with Crippen LogP contribution in [0.25, 0.3) is 0 Å². The molecule has 8 heteroatoms. The van der Waals surface area contributed by atoms with Crippen LogP contribution >= 0.6 is 0 Å². The number of hydrogen-bond donors (Lipinski definition) is 0. The molecule has 0 saturated heterocycles. The van der Waals surface area contributed by atoms with E-state index in [0.717, 1.165) is 0 Å². The first-order valence-corrected chi connectivity index (χ1v) is 2.80. The first-order valence-electron chi connectivity index (χ1n) is 2.80. The van der Waals surface area contributed by atoms with E-state index < -0.39 is 31.1 Å². The lowest BCUT2D eigenvalue weighted by molar-refractivity contribution is -0.249. The van der Waals surface area contributed by atoms with E-state index in [1.807, 2.05) is 0 Å². The van der Waals surface area contributed by atoms with Gasteiger partial charge in [0.25, 0.3) is 0 Å². The molecule has 0 aromatic heterocycles.